The molecule has 4 nitrogen and oxygen atoms in total. The second-order valence-corrected chi connectivity index (χ2v) is 5.76. The first kappa shape index (κ1) is 13.9. The van der Waals surface area contributed by atoms with Gasteiger partial charge >= 0.3 is 0 Å². The molecule has 2 aliphatic heterocycles. The summed E-state index contributed by atoms with van der Waals surface area (Å²) < 4.78 is 12.7. The SMILES string of the molecule is COc1ccc2c(c1)CCn1cc3cc(OC)c(=O)cc-3cc1-2. The van der Waals surface area contributed by atoms with Gasteiger partial charge < -0.3 is 14.0 Å². The summed E-state index contributed by atoms with van der Waals surface area (Å²) in [5.74, 6) is 1.27. The van der Waals surface area contributed by atoms with Gasteiger partial charge in [-0.2, -0.15) is 0 Å². The van der Waals surface area contributed by atoms with Crippen LogP contribution in [0.25, 0.3) is 22.4 Å². The minimum atomic E-state index is -0.0873. The maximum absolute atomic E-state index is 12.0. The molecule has 1 aromatic rings. The van der Waals surface area contributed by atoms with Gasteiger partial charge in [0.1, 0.15) is 5.75 Å². The molecule has 1 aromatic carbocycles. The molecule has 2 heterocycles. The van der Waals surface area contributed by atoms with Crippen LogP contribution in [0.1, 0.15) is 5.56 Å². The molecular weight excluding hydrogens is 290 g/mol. The van der Waals surface area contributed by atoms with E-state index in [-0.39, 0.29) is 5.43 Å². The van der Waals surface area contributed by atoms with Crippen LogP contribution in [0.5, 0.6) is 11.5 Å². The maximum atomic E-state index is 12.0. The Hall–Kier alpha value is -2.75. The van der Waals surface area contributed by atoms with Crippen molar-refractivity contribution in [3.63, 3.8) is 0 Å². The molecule has 4 rings (SSSR count). The lowest BCUT2D eigenvalue weighted by atomic mass is 9.94. The number of benzene rings is 2. The standard InChI is InChI=1S/C19H17NO3/c1-22-15-3-4-16-12(7-15)5-6-20-11-14-10-19(23-2)18(21)9-13(14)8-17(16)20/h3-4,7-11H,5-6H2,1-2H3. The van der Waals surface area contributed by atoms with E-state index in [1.807, 2.05) is 12.1 Å². The molecule has 0 fully saturated rings. The van der Waals surface area contributed by atoms with Gasteiger partial charge in [-0.15, -0.1) is 0 Å². The minimum Gasteiger partial charge on any atom is -0.497 e. The Morgan fingerprint density at radius 1 is 1.00 bits per heavy atom. The number of aromatic nitrogens is 1. The lowest BCUT2D eigenvalue weighted by Gasteiger charge is -2.25. The average molecular weight is 307 g/mol. The predicted molar refractivity (Wildman–Crippen MR) is 89.6 cm³/mol. The van der Waals surface area contributed by atoms with E-state index in [1.165, 1.54) is 18.2 Å². The van der Waals surface area contributed by atoms with Crippen LogP contribution in [-0.4, -0.2) is 18.8 Å². The highest BCUT2D eigenvalue weighted by Gasteiger charge is 2.19. The molecule has 1 aliphatic carbocycles. The van der Waals surface area contributed by atoms with E-state index >= 15 is 0 Å². The van der Waals surface area contributed by atoms with Gasteiger partial charge in [0.05, 0.1) is 14.2 Å². The summed E-state index contributed by atoms with van der Waals surface area (Å²) in [5.41, 5.74) is 5.47. The van der Waals surface area contributed by atoms with Gasteiger partial charge in [0, 0.05) is 29.6 Å². The number of hydrogen-bond donors (Lipinski definition) is 0. The first-order valence-electron chi connectivity index (χ1n) is 7.59. The number of nitrogens with zero attached hydrogens (tertiary/aromatic N) is 1. The summed E-state index contributed by atoms with van der Waals surface area (Å²) >= 11 is 0. The van der Waals surface area contributed by atoms with Crippen molar-refractivity contribution >= 4 is 0 Å². The highest BCUT2D eigenvalue weighted by molar-refractivity contribution is 5.76. The van der Waals surface area contributed by atoms with E-state index in [1.54, 1.807) is 13.2 Å². The van der Waals surface area contributed by atoms with Gasteiger partial charge in [0.15, 0.2) is 5.75 Å². The molecule has 0 aromatic heterocycles. The minimum absolute atomic E-state index is 0.0873. The molecule has 23 heavy (non-hydrogen) atoms. The monoisotopic (exact) mass is 307 g/mol. The van der Waals surface area contributed by atoms with Gasteiger partial charge in [-0.1, -0.05) is 0 Å². The molecule has 116 valence electrons. The quantitative estimate of drug-likeness (QED) is 0.730. The van der Waals surface area contributed by atoms with Crippen molar-refractivity contribution in [2.45, 2.75) is 13.0 Å². The molecule has 0 saturated carbocycles. The first-order chi connectivity index (χ1) is 11.2. The van der Waals surface area contributed by atoms with Crippen molar-refractivity contribution in [1.29, 1.82) is 0 Å². The second-order valence-electron chi connectivity index (χ2n) is 5.76. The molecule has 0 radical (unpaired) electrons. The molecule has 0 unspecified atom stereocenters. The lowest BCUT2D eigenvalue weighted by molar-refractivity contribution is 0.411. The summed E-state index contributed by atoms with van der Waals surface area (Å²) in [6.07, 6.45) is 3.06. The third-order valence-electron chi connectivity index (χ3n) is 4.48. The summed E-state index contributed by atoms with van der Waals surface area (Å²) in [6.45, 7) is 0.910. The van der Waals surface area contributed by atoms with E-state index in [9.17, 15) is 4.79 Å². The van der Waals surface area contributed by atoms with Crippen molar-refractivity contribution in [2.24, 2.45) is 0 Å². The number of ether oxygens (including phenoxy) is 2. The first-order valence-corrected chi connectivity index (χ1v) is 7.59. The Labute approximate surface area is 134 Å². The van der Waals surface area contributed by atoms with Gasteiger partial charge in [-0.3, -0.25) is 4.79 Å². The molecule has 3 aliphatic rings. The molecule has 0 amide bonds. The van der Waals surface area contributed by atoms with Crippen LogP contribution in [0.15, 0.2) is 47.4 Å². The number of aryl methyl sites for hydroxylation is 2. The van der Waals surface area contributed by atoms with Crippen LogP contribution in [0.4, 0.5) is 0 Å². The Morgan fingerprint density at radius 2 is 1.87 bits per heavy atom. The van der Waals surface area contributed by atoms with Crippen molar-refractivity contribution < 1.29 is 9.47 Å². The smallest absolute Gasteiger partial charge is 0.220 e. The van der Waals surface area contributed by atoms with Crippen LogP contribution in [0.3, 0.4) is 0 Å². The third kappa shape index (κ3) is 2.18. The Kier molecular flexibility index (Phi) is 3.11. The van der Waals surface area contributed by atoms with Crippen molar-refractivity contribution in [3.8, 4) is 33.9 Å². The Morgan fingerprint density at radius 3 is 2.65 bits per heavy atom. The third-order valence-corrected chi connectivity index (χ3v) is 4.48. The van der Waals surface area contributed by atoms with Crippen molar-refractivity contribution in [3.05, 3.63) is 58.4 Å². The average Bonchev–Trinajstić information content (AvgIpc) is 2.59. The van der Waals surface area contributed by atoms with Crippen molar-refractivity contribution in [2.75, 3.05) is 14.2 Å². The van der Waals surface area contributed by atoms with E-state index in [0.717, 1.165) is 35.5 Å². The molecule has 0 bridgehead atoms. The van der Waals surface area contributed by atoms with Crippen LogP contribution in [-0.2, 0) is 13.0 Å². The van der Waals surface area contributed by atoms with E-state index in [0.29, 0.717) is 5.75 Å². The zero-order valence-corrected chi connectivity index (χ0v) is 13.1. The lowest BCUT2D eigenvalue weighted by Crippen LogP contribution is -2.14. The van der Waals surface area contributed by atoms with Crippen LogP contribution in [0, 0.1) is 0 Å². The van der Waals surface area contributed by atoms with Crippen LogP contribution >= 0.6 is 0 Å². The fourth-order valence-corrected chi connectivity index (χ4v) is 3.27. The normalized spacial score (nSPS) is 12.6. The molecule has 0 N–H and O–H groups in total. The fourth-order valence-electron chi connectivity index (χ4n) is 3.27. The summed E-state index contributed by atoms with van der Waals surface area (Å²) in [4.78, 5) is 12.0. The molecule has 0 saturated heterocycles. The number of methoxy groups -OCH3 is 2. The number of fused-ring (bicyclic) bond motifs is 4. The highest BCUT2D eigenvalue weighted by atomic mass is 16.5. The number of pyridine rings is 1. The zero-order chi connectivity index (χ0) is 16.0. The van der Waals surface area contributed by atoms with Gasteiger partial charge in [-0.05, 0) is 53.9 Å². The van der Waals surface area contributed by atoms with Gasteiger partial charge in [0.2, 0.25) is 5.43 Å². The van der Waals surface area contributed by atoms with Crippen LogP contribution in [0.2, 0.25) is 0 Å². The number of hydrogen-bond acceptors (Lipinski definition) is 3. The molecular formula is C19H17NO3. The van der Waals surface area contributed by atoms with E-state index < -0.39 is 0 Å². The summed E-state index contributed by atoms with van der Waals surface area (Å²) in [6, 6.07) is 11.7. The molecule has 4 heteroatoms. The Bertz CT molecular complexity index is 926. The highest BCUT2D eigenvalue weighted by Crippen LogP contribution is 2.36. The second kappa shape index (κ2) is 5.16. The molecule has 0 spiro atoms. The van der Waals surface area contributed by atoms with Gasteiger partial charge in [-0.25, -0.2) is 0 Å². The topological polar surface area (TPSA) is 40.5 Å². The van der Waals surface area contributed by atoms with E-state index in [4.69, 9.17) is 9.47 Å². The molecule has 0 atom stereocenters. The van der Waals surface area contributed by atoms with E-state index in [2.05, 4.69) is 29.0 Å². The largest absolute Gasteiger partial charge is 0.497 e. The fraction of sp³-hybridized carbons (Fsp3) is 0.211. The number of rotatable bonds is 2. The zero-order valence-electron chi connectivity index (χ0n) is 13.1. The van der Waals surface area contributed by atoms with Gasteiger partial charge in [0.25, 0.3) is 0 Å². The summed E-state index contributed by atoms with van der Waals surface area (Å²) in [5, 5.41) is 0. The maximum Gasteiger partial charge on any atom is 0.220 e. The Balaban J connectivity index is 1.94. The summed E-state index contributed by atoms with van der Waals surface area (Å²) in [7, 11) is 3.21. The van der Waals surface area contributed by atoms with Crippen molar-refractivity contribution in [1.82, 2.24) is 4.57 Å². The predicted octanol–water partition coefficient (Wildman–Crippen LogP) is 3.19. The van der Waals surface area contributed by atoms with Crippen LogP contribution < -0.4 is 14.9 Å².